The second-order valence-electron chi connectivity index (χ2n) is 3.40. The molecule has 0 atom stereocenters. The minimum Gasteiger partial charge on any atom is -0.264 e. The van der Waals surface area contributed by atoms with Gasteiger partial charge in [-0.05, 0) is 0 Å². The van der Waals surface area contributed by atoms with E-state index in [0.29, 0.717) is 0 Å². The molecule has 0 aliphatic carbocycles. The van der Waals surface area contributed by atoms with Crippen LogP contribution in [-0.2, 0) is 18.9 Å². The highest BCUT2D eigenvalue weighted by Gasteiger charge is 2.45. The molecule has 0 spiro atoms. The SMILES string of the molecule is O=[N+]([O-])Cc1c(C(F)(F)F)nc(C(F)(F)F)c(F)c1F. The second kappa shape index (κ2) is 4.83. The second-order valence-corrected chi connectivity index (χ2v) is 3.40. The van der Waals surface area contributed by atoms with Gasteiger partial charge in [0.05, 0.1) is 5.56 Å². The smallest absolute Gasteiger partial charge is 0.264 e. The van der Waals surface area contributed by atoms with Crippen molar-refractivity contribution in [1.29, 1.82) is 0 Å². The van der Waals surface area contributed by atoms with Crippen molar-refractivity contribution in [2.45, 2.75) is 18.9 Å². The first kappa shape index (κ1) is 16.0. The lowest BCUT2D eigenvalue weighted by atomic mass is 10.1. The predicted molar refractivity (Wildman–Crippen MR) is 44.9 cm³/mol. The first-order chi connectivity index (χ1) is 8.85. The topological polar surface area (TPSA) is 56.0 Å². The van der Waals surface area contributed by atoms with Crippen LogP contribution in [0, 0.1) is 21.7 Å². The summed E-state index contributed by atoms with van der Waals surface area (Å²) in [4.78, 5) is 10.6. The van der Waals surface area contributed by atoms with Gasteiger partial charge in [0.15, 0.2) is 23.0 Å². The van der Waals surface area contributed by atoms with Crippen LogP contribution in [0.4, 0.5) is 35.1 Å². The van der Waals surface area contributed by atoms with E-state index >= 15 is 0 Å². The molecule has 0 aliphatic rings. The molecule has 0 amide bonds. The maximum atomic E-state index is 13.2. The van der Waals surface area contributed by atoms with Crippen LogP contribution >= 0.6 is 0 Å². The number of nitrogens with zero attached hydrogens (tertiary/aromatic N) is 2. The number of pyridine rings is 1. The molecule has 1 aromatic rings. The highest BCUT2D eigenvalue weighted by molar-refractivity contribution is 5.29. The van der Waals surface area contributed by atoms with Crippen LogP contribution in [0.5, 0.6) is 0 Å². The van der Waals surface area contributed by atoms with Gasteiger partial charge in [-0.1, -0.05) is 0 Å². The van der Waals surface area contributed by atoms with Crippen molar-refractivity contribution in [3.63, 3.8) is 0 Å². The van der Waals surface area contributed by atoms with E-state index in [2.05, 4.69) is 0 Å². The third-order valence-electron chi connectivity index (χ3n) is 2.00. The Hall–Kier alpha value is -2.01. The molecule has 0 radical (unpaired) electrons. The third-order valence-corrected chi connectivity index (χ3v) is 2.00. The van der Waals surface area contributed by atoms with E-state index in [1.54, 1.807) is 0 Å². The van der Waals surface area contributed by atoms with Gasteiger partial charge in [-0.3, -0.25) is 10.1 Å². The van der Waals surface area contributed by atoms with Crippen molar-refractivity contribution in [1.82, 2.24) is 4.98 Å². The van der Waals surface area contributed by atoms with Crippen LogP contribution in [0.15, 0.2) is 0 Å². The zero-order chi connectivity index (χ0) is 15.9. The molecule has 1 rings (SSSR count). The van der Waals surface area contributed by atoms with Gasteiger partial charge in [-0.25, -0.2) is 13.8 Å². The number of alkyl halides is 6. The molecule has 0 aromatic carbocycles. The van der Waals surface area contributed by atoms with Crippen LogP contribution < -0.4 is 0 Å². The highest BCUT2D eigenvalue weighted by Crippen LogP contribution is 2.37. The number of aromatic nitrogens is 1. The van der Waals surface area contributed by atoms with Crippen LogP contribution in [-0.4, -0.2) is 9.91 Å². The molecule has 112 valence electrons. The monoisotopic (exact) mass is 310 g/mol. The van der Waals surface area contributed by atoms with Crippen LogP contribution in [0.2, 0.25) is 0 Å². The first-order valence-corrected chi connectivity index (χ1v) is 4.49. The summed E-state index contributed by atoms with van der Waals surface area (Å²) in [5.41, 5.74) is -7.11. The molecular weight excluding hydrogens is 308 g/mol. The summed E-state index contributed by atoms with van der Waals surface area (Å²) in [6.07, 6.45) is -11.3. The Morgan fingerprint density at radius 1 is 0.950 bits per heavy atom. The van der Waals surface area contributed by atoms with E-state index in [-0.39, 0.29) is 0 Å². The van der Waals surface area contributed by atoms with Gasteiger partial charge >= 0.3 is 12.4 Å². The quantitative estimate of drug-likeness (QED) is 0.479. The lowest BCUT2D eigenvalue weighted by Crippen LogP contribution is -2.23. The Bertz CT molecular complexity index is 551. The summed E-state index contributed by atoms with van der Waals surface area (Å²) < 4.78 is 100. The fourth-order valence-electron chi connectivity index (χ4n) is 1.26. The zero-order valence-electron chi connectivity index (χ0n) is 8.94. The number of halogens is 8. The Labute approximate surface area is 104 Å². The summed E-state index contributed by atoms with van der Waals surface area (Å²) in [5, 5.41) is 10.1. The van der Waals surface area contributed by atoms with E-state index in [1.165, 1.54) is 0 Å². The fourth-order valence-corrected chi connectivity index (χ4v) is 1.26. The summed E-state index contributed by atoms with van der Waals surface area (Å²) in [6, 6.07) is 0. The van der Waals surface area contributed by atoms with Gasteiger partial charge < -0.3 is 0 Å². The number of hydrogen-bond acceptors (Lipinski definition) is 3. The van der Waals surface area contributed by atoms with Crippen LogP contribution in [0.25, 0.3) is 0 Å². The summed E-state index contributed by atoms with van der Waals surface area (Å²) in [5.74, 6) is -5.32. The van der Waals surface area contributed by atoms with Crippen molar-refractivity contribution in [3.05, 3.63) is 38.7 Å². The Balaban J connectivity index is 3.69. The van der Waals surface area contributed by atoms with Crippen molar-refractivity contribution >= 4 is 0 Å². The van der Waals surface area contributed by atoms with Gasteiger partial charge in [0, 0.05) is 4.92 Å². The average Bonchev–Trinajstić information content (AvgIpc) is 2.20. The minimum absolute atomic E-state index is 1.46. The number of nitro groups is 1. The molecule has 0 unspecified atom stereocenters. The summed E-state index contributed by atoms with van der Waals surface area (Å²) in [7, 11) is 0. The number of hydrogen-bond donors (Lipinski definition) is 0. The molecular formula is C8H2F8N2O2. The van der Waals surface area contributed by atoms with E-state index in [4.69, 9.17) is 0 Å². The van der Waals surface area contributed by atoms with Crippen molar-refractivity contribution < 1.29 is 40.0 Å². The Kier molecular flexibility index (Phi) is 3.87. The molecule has 0 bridgehead atoms. The fraction of sp³-hybridized carbons (Fsp3) is 0.375. The van der Waals surface area contributed by atoms with Gasteiger partial charge in [0.1, 0.15) is 0 Å². The van der Waals surface area contributed by atoms with Gasteiger partial charge in [0.2, 0.25) is 6.54 Å². The summed E-state index contributed by atoms with van der Waals surface area (Å²) >= 11 is 0. The molecule has 0 N–H and O–H groups in total. The standard InChI is InChI=1S/C8H2F8N2O2/c9-3-2(1-18(19)20)5(7(11,12)13)17-6(4(3)10)8(14,15)16/h1H2. The predicted octanol–water partition coefficient (Wildman–Crippen LogP) is 3.17. The molecule has 0 fully saturated rings. The lowest BCUT2D eigenvalue weighted by Gasteiger charge is -2.14. The molecule has 0 aliphatic heterocycles. The minimum atomic E-state index is -5.68. The molecule has 1 aromatic heterocycles. The maximum Gasteiger partial charge on any atom is 0.436 e. The Morgan fingerprint density at radius 3 is 1.75 bits per heavy atom. The molecule has 20 heavy (non-hydrogen) atoms. The summed E-state index contributed by atoms with van der Waals surface area (Å²) in [6.45, 7) is -1.86. The molecule has 0 saturated carbocycles. The molecule has 1 heterocycles. The first-order valence-electron chi connectivity index (χ1n) is 4.49. The van der Waals surface area contributed by atoms with E-state index < -0.39 is 52.4 Å². The molecule has 4 nitrogen and oxygen atoms in total. The molecule has 0 saturated heterocycles. The van der Waals surface area contributed by atoms with Crippen molar-refractivity contribution in [2.75, 3.05) is 0 Å². The van der Waals surface area contributed by atoms with E-state index in [9.17, 15) is 45.2 Å². The van der Waals surface area contributed by atoms with E-state index in [0.717, 1.165) is 0 Å². The largest absolute Gasteiger partial charge is 0.436 e. The average molecular weight is 310 g/mol. The molecule has 12 heteroatoms. The maximum absolute atomic E-state index is 13.2. The zero-order valence-corrected chi connectivity index (χ0v) is 8.94. The van der Waals surface area contributed by atoms with Crippen molar-refractivity contribution in [3.8, 4) is 0 Å². The van der Waals surface area contributed by atoms with Crippen LogP contribution in [0.3, 0.4) is 0 Å². The van der Waals surface area contributed by atoms with E-state index in [1.807, 2.05) is 4.98 Å². The Morgan fingerprint density at radius 2 is 1.40 bits per heavy atom. The lowest BCUT2D eigenvalue weighted by molar-refractivity contribution is -0.497. The van der Waals surface area contributed by atoms with Gasteiger partial charge in [-0.2, -0.15) is 26.3 Å². The normalized spacial score (nSPS) is 12.6. The van der Waals surface area contributed by atoms with Crippen LogP contribution in [0.1, 0.15) is 17.0 Å². The van der Waals surface area contributed by atoms with Crippen molar-refractivity contribution in [2.24, 2.45) is 0 Å². The third kappa shape index (κ3) is 3.11. The number of rotatable bonds is 2. The highest BCUT2D eigenvalue weighted by atomic mass is 19.4. The van der Waals surface area contributed by atoms with Gasteiger partial charge in [0.25, 0.3) is 0 Å². The van der Waals surface area contributed by atoms with Gasteiger partial charge in [-0.15, -0.1) is 0 Å².